The summed E-state index contributed by atoms with van der Waals surface area (Å²) in [5.41, 5.74) is 0. The standard InChI is InChI=1S/C71H135NO10/c1-3-5-7-9-11-13-15-17-19-21-23-25-27-29-30-31-32-33-35-36-38-40-42-44-46-48-50-52-54-56-58-63(74)66(76)62(61-81-71-69(79)68(78)67(77)65(60-73)82-71)72-70(80)64(75)59-57-55-53-51-49-47-45-43-41-39-37-34-28-26-24-22-20-18-16-14-12-10-8-6-4-2/h35-36,42,44,50,52,62-69,71,73-79H,3-34,37-41,43,45-49,51,53-61H2,1-2H3,(H,72,80)/b36-35+,44-42+,52-50+. The van der Waals surface area contributed by atoms with Gasteiger partial charge in [0, 0.05) is 0 Å². The summed E-state index contributed by atoms with van der Waals surface area (Å²) < 4.78 is 11.2. The van der Waals surface area contributed by atoms with E-state index < -0.39 is 74.2 Å². The van der Waals surface area contributed by atoms with Crippen molar-refractivity contribution in [2.24, 2.45) is 0 Å². The topological polar surface area (TPSA) is 189 Å². The van der Waals surface area contributed by atoms with Gasteiger partial charge < -0.3 is 50.5 Å². The number of allylic oxidation sites excluding steroid dienone is 6. The van der Waals surface area contributed by atoms with Crippen LogP contribution < -0.4 is 5.32 Å². The van der Waals surface area contributed by atoms with Crippen molar-refractivity contribution in [3.05, 3.63) is 36.5 Å². The number of hydrogen-bond acceptors (Lipinski definition) is 10. The molecule has 8 N–H and O–H groups in total. The minimum absolute atomic E-state index is 0.243. The maximum Gasteiger partial charge on any atom is 0.249 e. The smallest absolute Gasteiger partial charge is 0.249 e. The van der Waals surface area contributed by atoms with E-state index in [1.807, 2.05) is 0 Å². The van der Waals surface area contributed by atoms with Gasteiger partial charge in [0.1, 0.15) is 36.6 Å². The molecule has 1 aliphatic rings. The molecule has 1 rings (SSSR count). The highest BCUT2D eigenvalue weighted by molar-refractivity contribution is 5.80. The number of aliphatic hydroxyl groups is 7. The highest BCUT2D eigenvalue weighted by Crippen LogP contribution is 2.24. The van der Waals surface area contributed by atoms with E-state index in [0.717, 1.165) is 44.9 Å². The van der Waals surface area contributed by atoms with Crippen molar-refractivity contribution in [1.29, 1.82) is 0 Å². The molecular weight excluding hydrogens is 1030 g/mol. The van der Waals surface area contributed by atoms with E-state index in [1.165, 1.54) is 250 Å². The molecule has 0 bridgehead atoms. The molecule has 0 aromatic carbocycles. The zero-order valence-corrected chi connectivity index (χ0v) is 53.5. The van der Waals surface area contributed by atoms with Crippen LogP contribution in [0.3, 0.4) is 0 Å². The zero-order chi connectivity index (χ0) is 59.6. The quantitative estimate of drug-likeness (QED) is 0.0215. The largest absolute Gasteiger partial charge is 0.394 e. The van der Waals surface area contributed by atoms with Gasteiger partial charge in [-0.05, 0) is 64.2 Å². The molecule has 0 saturated carbocycles. The maximum atomic E-state index is 13.2. The van der Waals surface area contributed by atoms with Crippen LogP contribution in [-0.2, 0) is 14.3 Å². The molecule has 11 heteroatoms. The van der Waals surface area contributed by atoms with Crippen LogP contribution in [0.1, 0.15) is 341 Å². The predicted molar refractivity (Wildman–Crippen MR) is 344 cm³/mol. The number of hydrogen-bond donors (Lipinski definition) is 8. The van der Waals surface area contributed by atoms with Crippen LogP contribution in [0, 0.1) is 0 Å². The molecule has 0 aromatic heterocycles. The molecule has 9 unspecified atom stereocenters. The lowest BCUT2D eigenvalue weighted by Gasteiger charge is -2.40. The first-order valence-electron chi connectivity index (χ1n) is 35.4. The van der Waals surface area contributed by atoms with Crippen LogP contribution in [0.25, 0.3) is 0 Å². The number of amides is 1. The lowest BCUT2D eigenvalue weighted by molar-refractivity contribution is -0.303. The number of aliphatic hydroxyl groups excluding tert-OH is 7. The van der Waals surface area contributed by atoms with E-state index in [4.69, 9.17) is 9.47 Å². The van der Waals surface area contributed by atoms with Crippen LogP contribution in [0.15, 0.2) is 36.5 Å². The van der Waals surface area contributed by atoms with Crippen molar-refractivity contribution < 1.29 is 50.0 Å². The number of nitrogens with one attached hydrogen (secondary N) is 1. The predicted octanol–water partition coefficient (Wildman–Crippen LogP) is 17.0. The van der Waals surface area contributed by atoms with Gasteiger partial charge in [0.15, 0.2) is 6.29 Å². The molecular formula is C71H135NO10. The highest BCUT2D eigenvalue weighted by atomic mass is 16.7. The molecule has 0 aromatic rings. The first kappa shape index (κ1) is 78.3. The minimum atomic E-state index is -1.67. The van der Waals surface area contributed by atoms with Crippen LogP contribution in [-0.4, -0.2) is 110 Å². The molecule has 1 heterocycles. The van der Waals surface area contributed by atoms with E-state index in [9.17, 15) is 40.5 Å². The molecule has 82 heavy (non-hydrogen) atoms. The molecule has 1 aliphatic heterocycles. The van der Waals surface area contributed by atoms with Gasteiger partial charge in [-0.2, -0.15) is 0 Å². The summed E-state index contributed by atoms with van der Waals surface area (Å²) in [6.45, 7) is 3.49. The Balaban J connectivity index is 2.24. The molecule has 1 saturated heterocycles. The summed E-state index contributed by atoms with van der Waals surface area (Å²) in [7, 11) is 0. The van der Waals surface area contributed by atoms with E-state index in [1.54, 1.807) is 0 Å². The van der Waals surface area contributed by atoms with Gasteiger partial charge in [-0.3, -0.25) is 4.79 Å². The van der Waals surface area contributed by atoms with Crippen LogP contribution in [0.2, 0.25) is 0 Å². The second kappa shape index (κ2) is 59.7. The average molecular weight is 1160 g/mol. The lowest BCUT2D eigenvalue weighted by Crippen LogP contribution is -2.60. The SMILES string of the molecule is CCCCCCCCCCCCCCCCCCC/C=C/CC/C=C/CC/C=C/CCCC(O)C(O)C(COC1OC(CO)C(O)C(O)C1O)NC(=O)C(O)CCCCCCCCCCCCCCCCCCCCCCCCCCC. The fraction of sp³-hybridized carbons (Fsp3) is 0.901. The Morgan fingerprint density at radius 2 is 0.732 bits per heavy atom. The molecule has 0 radical (unpaired) electrons. The van der Waals surface area contributed by atoms with Gasteiger partial charge in [0.25, 0.3) is 0 Å². The third-order valence-corrected chi connectivity index (χ3v) is 17.2. The summed E-state index contributed by atoms with van der Waals surface area (Å²) in [4.78, 5) is 13.2. The number of carbonyl (C=O) groups is 1. The Hall–Kier alpha value is -1.67. The molecule has 1 fully saturated rings. The normalized spacial score (nSPS) is 19.3. The Morgan fingerprint density at radius 3 is 1.09 bits per heavy atom. The van der Waals surface area contributed by atoms with Gasteiger partial charge in [-0.1, -0.05) is 314 Å². The second-order valence-electron chi connectivity index (χ2n) is 24.9. The molecule has 0 aliphatic carbocycles. The van der Waals surface area contributed by atoms with Gasteiger partial charge in [0.2, 0.25) is 5.91 Å². The molecule has 1 amide bonds. The van der Waals surface area contributed by atoms with E-state index in [-0.39, 0.29) is 12.8 Å². The van der Waals surface area contributed by atoms with Crippen molar-refractivity contribution in [2.45, 2.75) is 396 Å². The molecule has 9 atom stereocenters. The summed E-state index contributed by atoms with van der Waals surface area (Å²) in [5.74, 6) is -0.706. The Labute approximate surface area is 505 Å². The Kier molecular flexibility index (Phi) is 57.0. The number of rotatable bonds is 62. The summed E-state index contributed by atoms with van der Waals surface area (Å²) in [5, 5.41) is 76.5. The lowest BCUT2D eigenvalue weighted by atomic mass is 9.98. The molecule has 484 valence electrons. The molecule has 11 nitrogen and oxygen atoms in total. The third-order valence-electron chi connectivity index (χ3n) is 17.2. The van der Waals surface area contributed by atoms with Gasteiger partial charge >= 0.3 is 0 Å². The van der Waals surface area contributed by atoms with Gasteiger partial charge in [-0.15, -0.1) is 0 Å². The summed E-state index contributed by atoms with van der Waals surface area (Å²) >= 11 is 0. The van der Waals surface area contributed by atoms with Crippen molar-refractivity contribution in [1.82, 2.24) is 5.32 Å². The Bertz CT molecular complexity index is 1430. The van der Waals surface area contributed by atoms with Crippen LogP contribution in [0.4, 0.5) is 0 Å². The fourth-order valence-electron chi connectivity index (χ4n) is 11.5. The van der Waals surface area contributed by atoms with Crippen molar-refractivity contribution in [3.63, 3.8) is 0 Å². The third kappa shape index (κ3) is 46.5. The highest BCUT2D eigenvalue weighted by Gasteiger charge is 2.44. The van der Waals surface area contributed by atoms with E-state index in [0.29, 0.717) is 19.3 Å². The van der Waals surface area contributed by atoms with Gasteiger partial charge in [-0.25, -0.2) is 0 Å². The number of ether oxygens (including phenoxy) is 2. The average Bonchev–Trinajstić information content (AvgIpc) is 3.53. The van der Waals surface area contributed by atoms with E-state index in [2.05, 4.69) is 55.6 Å². The minimum Gasteiger partial charge on any atom is -0.394 e. The summed E-state index contributed by atoms with van der Waals surface area (Å²) in [6, 6.07) is -1.19. The monoisotopic (exact) mass is 1160 g/mol. The fourth-order valence-corrected chi connectivity index (χ4v) is 11.5. The van der Waals surface area contributed by atoms with Gasteiger partial charge in [0.05, 0.1) is 25.4 Å². The second-order valence-corrected chi connectivity index (χ2v) is 24.9. The first-order valence-corrected chi connectivity index (χ1v) is 35.4. The van der Waals surface area contributed by atoms with Crippen molar-refractivity contribution >= 4 is 5.91 Å². The summed E-state index contributed by atoms with van der Waals surface area (Å²) in [6.07, 6.45) is 65.2. The maximum absolute atomic E-state index is 13.2. The number of unbranched alkanes of at least 4 members (excludes halogenated alkanes) is 44. The van der Waals surface area contributed by atoms with Crippen LogP contribution >= 0.6 is 0 Å². The number of carbonyl (C=O) groups excluding carboxylic acids is 1. The molecule has 0 spiro atoms. The van der Waals surface area contributed by atoms with Crippen molar-refractivity contribution in [2.75, 3.05) is 13.2 Å². The zero-order valence-electron chi connectivity index (χ0n) is 53.5. The Morgan fingerprint density at radius 1 is 0.415 bits per heavy atom. The first-order chi connectivity index (χ1) is 40.2. The van der Waals surface area contributed by atoms with Crippen molar-refractivity contribution in [3.8, 4) is 0 Å². The van der Waals surface area contributed by atoms with E-state index >= 15 is 0 Å². The van der Waals surface area contributed by atoms with Crippen LogP contribution in [0.5, 0.6) is 0 Å².